The first-order valence-corrected chi connectivity index (χ1v) is 7.56. The zero-order chi connectivity index (χ0) is 15.3. The lowest BCUT2D eigenvalue weighted by Gasteiger charge is -2.23. The second-order valence-electron chi connectivity index (χ2n) is 6.00. The fourth-order valence-corrected chi connectivity index (χ4v) is 2.36. The van der Waals surface area contributed by atoms with Crippen LogP contribution in [-0.2, 0) is 6.42 Å². The average Bonchev–Trinajstić information content (AvgIpc) is 2.39. The summed E-state index contributed by atoms with van der Waals surface area (Å²) in [4.78, 5) is 0. The van der Waals surface area contributed by atoms with Crippen molar-refractivity contribution in [1.82, 2.24) is 5.32 Å². The fourth-order valence-electron chi connectivity index (χ4n) is 2.36. The Morgan fingerprint density at radius 2 is 1.90 bits per heavy atom. The topological polar surface area (TPSA) is 12.0 Å². The SMILES string of the molecule is C=C(C)c1cccc(CC(CC)NC(=C)C(C)C)c1C. The van der Waals surface area contributed by atoms with Gasteiger partial charge in [-0.1, -0.05) is 57.7 Å². The van der Waals surface area contributed by atoms with E-state index in [0.717, 1.165) is 24.1 Å². The van der Waals surface area contributed by atoms with Gasteiger partial charge in [-0.2, -0.15) is 0 Å². The monoisotopic (exact) mass is 271 g/mol. The van der Waals surface area contributed by atoms with Gasteiger partial charge in [0.2, 0.25) is 0 Å². The van der Waals surface area contributed by atoms with Gasteiger partial charge in [0, 0.05) is 11.7 Å². The normalized spacial score (nSPS) is 12.3. The molecular weight excluding hydrogens is 242 g/mol. The van der Waals surface area contributed by atoms with Gasteiger partial charge in [0.05, 0.1) is 0 Å². The fraction of sp³-hybridized carbons (Fsp3) is 0.474. The molecule has 0 radical (unpaired) electrons. The Morgan fingerprint density at radius 3 is 2.40 bits per heavy atom. The first kappa shape index (κ1) is 16.6. The lowest BCUT2D eigenvalue weighted by atomic mass is 9.93. The van der Waals surface area contributed by atoms with Gasteiger partial charge in [-0.25, -0.2) is 0 Å². The van der Waals surface area contributed by atoms with Gasteiger partial charge in [0.25, 0.3) is 0 Å². The van der Waals surface area contributed by atoms with Crippen molar-refractivity contribution >= 4 is 5.57 Å². The summed E-state index contributed by atoms with van der Waals surface area (Å²) in [5, 5.41) is 3.57. The first-order valence-electron chi connectivity index (χ1n) is 7.56. The van der Waals surface area contributed by atoms with E-state index in [1.807, 2.05) is 0 Å². The van der Waals surface area contributed by atoms with Gasteiger partial charge in [0.1, 0.15) is 0 Å². The molecule has 0 heterocycles. The minimum atomic E-state index is 0.448. The third-order valence-electron chi connectivity index (χ3n) is 3.95. The summed E-state index contributed by atoms with van der Waals surface area (Å²) in [5.74, 6) is 0.479. The number of hydrogen-bond acceptors (Lipinski definition) is 1. The maximum Gasteiger partial charge on any atom is 0.0296 e. The zero-order valence-electron chi connectivity index (χ0n) is 13.7. The number of nitrogens with one attached hydrogen (secondary N) is 1. The van der Waals surface area contributed by atoms with Crippen molar-refractivity contribution in [2.24, 2.45) is 5.92 Å². The second-order valence-corrected chi connectivity index (χ2v) is 6.00. The van der Waals surface area contributed by atoms with Crippen LogP contribution in [0.4, 0.5) is 0 Å². The Balaban J connectivity index is 2.88. The van der Waals surface area contributed by atoms with Gasteiger partial charge < -0.3 is 5.32 Å². The molecule has 0 aliphatic heterocycles. The summed E-state index contributed by atoms with van der Waals surface area (Å²) in [7, 11) is 0. The Labute approximate surface area is 124 Å². The smallest absolute Gasteiger partial charge is 0.0296 e. The van der Waals surface area contributed by atoms with Gasteiger partial charge >= 0.3 is 0 Å². The molecule has 1 atom stereocenters. The molecule has 1 aromatic carbocycles. The molecule has 20 heavy (non-hydrogen) atoms. The summed E-state index contributed by atoms with van der Waals surface area (Å²) in [6.45, 7) is 19.0. The molecule has 0 spiro atoms. The van der Waals surface area contributed by atoms with Crippen LogP contribution >= 0.6 is 0 Å². The van der Waals surface area contributed by atoms with Crippen LogP contribution in [0.15, 0.2) is 37.1 Å². The van der Waals surface area contributed by atoms with Crippen LogP contribution in [0.5, 0.6) is 0 Å². The molecule has 0 saturated carbocycles. The zero-order valence-corrected chi connectivity index (χ0v) is 13.7. The molecule has 0 aliphatic carbocycles. The molecule has 1 unspecified atom stereocenters. The van der Waals surface area contributed by atoms with E-state index in [9.17, 15) is 0 Å². The molecule has 1 rings (SSSR count). The van der Waals surface area contributed by atoms with Crippen LogP contribution < -0.4 is 5.32 Å². The van der Waals surface area contributed by atoms with Gasteiger partial charge in [-0.3, -0.25) is 0 Å². The van der Waals surface area contributed by atoms with Crippen LogP contribution in [0.1, 0.15) is 50.8 Å². The Bertz CT molecular complexity index is 483. The summed E-state index contributed by atoms with van der Waals surface area (Å²) in [6.07, 6.45) is 2.14. The highest BCUT2D eigenvalue weighted by molar-refractivity contribution is 5.65. The largest absolute Gasteiger partial charge is 0.386 e. The standard InChI is InChI=1S/C19H29N/c1-8-18(20-16(7)13(2)3)12-17-10-9-11-19(14(4)5)15(17)6/h9-11,13,18,20H,4,7-8,12H2,1-3,5-6H3. The lowest BCUT2D eigenvalue weighted by molar-refractivity contribution is 0.510. The summed E-state index contributed by atoms with van der Waals surface area (Å²) < 4.78 is 0. The van der Waals surface area contributed by atoms with Crippen molar-refractivity contribution in [3.63, 3.8) is 0 Å². The van der Waals surface area contributed by atoms with E-state index in [0.29, 0.717) is 12.0 Å². The van der Waals surface area contributed by atoms with Crippen molar-refractivity contribution in [2.75, 3.05) is 0 Å². The van der Waals surface area contributed by atoms with Crippen LogP contribution in [0, 0.1) is 12.8 Å². The molecule has 0 saturated heterocycles. The number of hydrogen-bond donors (Lipinski definition) is 1. The quantitative estimate of drug-likeness (QED) is 0.726. The number of benzene rings is 1. The Hall–Kier alpha value is -1.50. The van der Waals surface area contributed by atoms with Crippen molar-refractivity contribution < 1.29 is 0 Å². The number of allylic oxidation sites excluding steroid dienone is 2. The molecule has 1 N–H and O–H groups in total. The molecule has 0 amide bonds. The van der Waals surface area contributed by atoms with Crippen LogP contribution in [-0.4, -0.2) is 6.04 Å². The van der Waals surface area contributed by atoms with Gasteiger partial charge in [0.15, 0.2) is 0 Å². The average molecular weight is 271 g/mol. The van der Waals surface area contributed by atoms with Crippen molar-refractivity contribution in [3.05, 3.63) is 53.7 Å². The first-order chi connectivity index (χ1) is 9.36. The predicted molar refractivity (Wildman–Crippen MR) is 90.8 cm³/mol. The van der Waals surface area contributed by atoms with Crippen molar-refractivity contribution in [2.45, 2.75) is 53.5 Å². The van der Waals surface area contributed by atoms with E-state index in [2.05, 4.69) is 71.3 Å². The maximum atomic E-state index is 4.13. The third-order valence-corrected chi connectivity index (χ3v) is 3.95. The van der Waals surface area contributed by atoms with E-state index in [1.165, 1.54) is 16.7 Å². The highest BCUT2D eigenvalue weighted by Crippen LogP contribution is 2.22. The third kappa shape index (κ3) is 4.26. The molecule has 0 fully saturated rings. The Kier molecular flexibility index (Phi) is 6.06. The van der Waals surface area contributed by atoms with E-state index in [4.69, 9.17) is 0 Å². The molecule has 1 nitrogen and oxygen atoms in total. The predicted octanol–water partition coefficient (Wildman–Crippen LogP) is 5.11. The van der Waals surface area contributed by atoms with Crippen LogP contribution in [0.3, 0.4) is 0 Å². The molecule has 1 heteroatoms. The summed E-state index contributed by atoms with van der Waals surface area (Å²) in [6, 6.07) is 6.97. The highest BCUT2D eigenvalue weighted by atomic mass is 14.9. The van der Waals surface area contributed by atoms with E-state index in [-0.39, 0.29) is 0 Å². The van der Waals surface area contributed by atoms with Crippen molar-refractivity contribution in [1.29, 1.82) is 0 Å². The number of rotatable bonds is 7. The van der Waals surface area contributed by atoms with Crippen molar-refractivity contribution in [3.8, 4) is 0 Å². The molecule has 0 aromatic heterocycles. The van der Waals surface area contributed by atoms with Gasteiger partial charge in [-0.05, 0) is 49.3 Å². The van der Waals surface area contributed by atoms with E-state index < -0.39 is 0 Å². The molecule has 1 aromatic rings. The summed E-state index contributed by atoms with van der Waals surface area (Å²) in [5.41, 5.74) is 6.30. The summed E-state index contributed by atoms with van der Waals surface area (Å²) >= 11 is 0. The van der Waals surface area contributed by atoms with E-state index in [1.54, 1.807) is 0 Å². The molecule has 110 valence electrons. The highest BCUT2D eigenvalue weighted by Gasteiger charge is 2.12. The second kappa shape index (κ2) is 7.33. The minimum Gasteiger partial charge on any atom is -0.386 e. The molecule has 0 aliphatic rings. The Morgan fingerprint density at radius 1 is 1.25 bits per heavy atom. The maximum absolute atomic E-state index is 4.13. The lowest BCUT2D eigenvalue weighted by Crippen LogP contribution is -2.31. The molecular formula is C19H29N. The molecule has 0 bridgehead atoms. The van der Waals surface area contributed by atoms with E-state index >= 15 is 0 Å². The van der Waals surface area contributed by atoms with Gasteiger partial charge in [-0.15, -0.1) is 0 Å². The van der Waals surface area contributed by atoms with Crippen LogP contribution in [0.2, 0.25) is 0 Å². The minimum absolute atomic E-state index is 0.448. The van der Waals surface area contributed by atoms with Crippen LogP contribution in [0.25, 0.3) is 5.57 Å².